The number of hydrogen-bond donors (Lipinski definition) is 3. The average Bonchev–Trinajstić information content (AvgIpc) is 2.68. The van der Waals surface area contributed by atoms with Crippen LogP contribution >= 0.6 is 0 Å². The highest BCUT2D eigenvalue weighted by atomic mass is 16.7. The number of benzene rings is 1. The van der Waals surface area contributed by atoms with Crippen LogP contribution in [0, 0.1) is 0 Å². The number of nitrogens with one attached hydrogen (secondary N) is 1. The number of hydrogen-bond acceptors (Lipinski definition) is 7. The van der Waals surface area contributed by atoms with Crippen molar-refractivity contribution >= 4 is 11.6 Å². The molecule has 132 valence electrons. The Bertz CT molecular complexity index is 750. The number of ketones is 2. The number of ether oxygens (including phenoxy) is 2. The smallest absolute Gasteiger partial charge is 0.276 e. The van der Waals surface area contributed by atoms with Gasteiger partial charge in [-0.25, -0.2) is 0 Å². The first-order valence-corrected chi connectivity index (χ1v) is 7.78. The molecule has 1 heterocycles. The van der Waals surface area contributed by atoms with Gasteiger partial charge >= 0.3 is 0 Å². The summed E-state index contributed by atoms with van der Waals surface area (Å²) in [5.74, 6) is -2.60. The first kappa shape index (κ1) is 17.5. The van der Waals surface area contributed by atoms with E-state index in [1.807, 2.05) is 0 Å². The standard InChI is InChI=1S/C18H19NO6/c1-24-18-14(22)8-7-13(15(23)12-5-3-2-4-6-12)16(18)19-17(9-20,10-21)11-25-18/h2-8,19-21H,9-11H2,1H3. The lowest BCUT2D eigenvalue weighted by Gasteiger charge is -2.47. The van der Waals surface area contributed by atoms with Gasteiger partial charge in [-0.05, 0) is 12.2 Å². The maximum atomic E-state index is 12.9. The van der Waals surface area contributed by atoms with Crippen molar-refractivity contribution in [1.29, 1.82) is 0 Å². The van der Waals surface area contributed by atoms with Crippen molar-refractivity contribution in [2.75, 3.05) is 26.9 Å². The predicted octanol–water partition coefficient (Wildman–Crippen LogP) is -0.0518. The number of allylic oxidation sites excluding steroid dienone is 2. The number of Topliss-reactive ketones (excluding diaryl/α,β-unsaturated/α-hetero) is 1. The Hall–Kier alpha value is -2.32. The minimum absolute atomic E-state index is 0.0886. The van der Waals surface area contributed by atoms with Gasteiger partial charge in [0, 0.05) is 18.2 Å². The molecule has 3 N–H and O–H groups in total. The van der Waals surface area contributed by atoms with Crippen LogP contribution in [0.3, 0.4) is 0 Å². The summed E-state index contributed by atoms with van der Waals surface area (Å²) in [6.45, 7) is -1.06. The number of methoxy groups -OCH3 is 1. The lowest BCUT2D eigenvalue weighted by Crippen LogP contribution is -2.67. The molecule has 1 aliphatic heterocycles. The largest absolute Gasteiger partial charge is 0.394 e. The van der Waals surface area contributed by atoms with Crippen LogP contribution in [-0.2, 0) is 14.3 Å². The first-order chi connectivity index (χ1) is 12.0. The van der Waals surface area contributed by atoms with Crippen LogP contribution in [0.5, 0.6) is 0 Å². The molecule has 1 atom stereocenters. The second-order valence-electron chi connectivity index (χ2n) is 6.01. The average molecular weight is 345 g/mol. The zero-order chi connectivity index (χ0) is 18.1. The molecule has 1 aromatic carbocycles. The SMILES string of the molecule is COC12OCC(CO)(CO)NC1=C(C(=O)c1ccccc1)C=CC2=O. The Labute approximate surface area is 144 Å². The van der Waals surface area contributed by atoms with Crippen LogP contribution in [0.15, 0.2) is 53.8 Å². The molecular formula is C18H19NO6. The second-order valence-corrected chi connectivity index (χ2v) is 6.01. The summed E-state index contributed by atoms with van der Waals surface area (Å²) in [7, 11) is 1.30. The van der Waals surface area contributed by atoms with Gasteiger partial charge in [0.1, 0.15) is 5.54 Å². The molecule has 25 heavy (non-hydrogen) atoms. The van der Waals surface area contributed by atoms with Gasteiger partial charge in [0.2, 0.25) is 5.78 Å². The third-order valence-corrected chi connectivity index (χ3v) is 4.44. The van der Waals surface area contributed by atoms with E-state index in [1.165, 1.54) is 19.3 Å². The van der Waals surface area contributed by atoms with Crippen molar-refractivity contribution < 1.29 is 29.3 Å². The Morgan fingerprint density at radius 1 is 1.24 bits per heavy atom. The second kappa shape index (κ2) is 6.53. The van der Waals surface area contributed by atoms with Crippen molar-refractivity contribution in [2.24, 2.45) is 0 Å². The third kappa shape index (κ3) is 2.71. The zero-order valence-corrected chi connectivity index (χ0v) is 13.7. The Morgan fingerprint density at radius 3 is 2.52 bits per heavy atom. The van der Waals surface area contributed by atoms with Gasteiger partial charge in [0.15, 0.2) is 5.78 Å². The van der Waals surface area contributed by atoms with Gasteiger partial charge in [-0.2, -0.15) is 0 Å². The molecule has 1 aliphatic carbocycles. The molecule has 1 fully saturated rings. The van der Waals surface area contributed by atoms with Crippen LogP contribution in [-0.4, -0.2) is 60.0 Å². The molecule has 0 amide bonds. The molecular weight excluding hydrogens is 326 g/mol. The fraction of sp³-hybridized carbons (Fsp3) is 0.333. The van der Waals surface area contributed by atoms with E-state index in [1.54, 1.807) is 30.3 Å². The van der Waals surface area contributed by atoms with Crippen LogP contribution in [0.4, 0.5) is 0 Å². The van der Waals surface area contributed by atoms with Crippen LogP contribution in [0.1, 0.15) is 10.4 Å². The van der Waals surface area contributed by atoms with E-state index in [-0.39, 0.29) is 23.7 Å². The highest BCUT2D eigenvalue weighted by molar-refractivity contribution is 6.15. The molecule has 7 nitrogen and oxygen atoms in total. The number of carbonyl (C=O) groups excluding carboxylic acids is 2. The normalized spacial score (nSPS) is 24.7. The van der Waals surface area contributed by atoms with Crippen molar-refractivity contribution in [3.05, 3.63) is 59.3 Å². The van der Waals surface area contributed by atoms with Crippen molar-refractivity contribution in [1.82, 2.24) is 5.32 Å². The Balaban J connectivity index is 2.14. The molecule has 0 aromatic heterocycles. The number of aliphatic hydroxyl groups is 2. The van der Waals surface area contributed by atoms with Crippen LogP contribution in [0.25, 0.3) is 0 Å². The lowest BCUT2D eigenvalue weighted by atomic mass is 9.87. The number of fused-ring (bicyclic) bond motifs is 1. The highest BCUT2D eigenvalue weighted by Crippen LogP contribution is 2.36. The summed E-state index contributed by atoms with van der Waals surface area (Å²) in [5, 5.41) is 22.2. The van der Waals surface area contributed by atoms with E-state index in [0.717, 1.165) is 0 Å². The number of morpholine rings is 1. The molecule has 7 heteroatoms. The van der Waals surface area contributed by atoms with E-state index >= 15 is 0 Å². The summed E-state index contributed by atoms with van der Waals surface area (Å²) in [6, 6.07) is 8.57. The molecule has 3 rings (SSSR count). The van der Waals surface area contributed by atoms with Gasteiger partial charge in [-0.15, -0.1) is 0 Å². The van der Waals surface area contributed by atoms with Gasteiger partial charge in [-0.1, -0.05) is 30.3 Å². The summed E-state index contributed by atoms with van der Waals surface area (Å²) in [6.07, 6.45) is 2.63. The van der Waals surface area contributed by atoms with Crippen LogP contribution in [0.2, 0.25) is 0 Å². The summed E-state index contributed by atoms with van der Waals surface area (Å²) < 4.78 is 11.0. The lowest BCUT2D eigenvalue weighted by molar-refractivity contribution is -0.224. The number of carbonyl (C=O) groups is 2. The Kier molecular flexibility index (Phi) is 4.57. The summed E-state index contributed by atoms with van der Waals surface area (Å²) in [5.41, 5.74) is -0.519. The van der Waals surface area contributed by atoms with E-state index < -0.39 is 30.3 Å². The number of aliphatic hydroxyl groups excluding tert-OH is 2. The quantitative estimate of drug-likeness (QED) is 0.643. The monoisotopic (exact) mass is 345 g/mol. The zero-order valence-electron chi connectivity index (χ0n) is 13.7. The van der Waals surface area contributed by atoms with Gasteiger partial charge in [0.25, 0.3) is 5.79 Å². The fourth-order valence-corrected chi connectivity index (χ4v) is 2.90. The molecule has 1 unspecified atom stereocenters. The highest BCUT2D eigenvalue weighted by Gasteiger charge is 2.54. The molecule has 2 aliphatic rings. The molecule has 1 aromatic rings. The van der Waals surface area contributed by atoms with E-state index in [4.69, 9.17) is 9.47 Å². The van der Waals surface area contributed by atoms with Crippen molar-refractivity contribution in [3.8, 4) is 0 Å². The van der Waals surface area contributed by atoms with Gasteiger partial charge in [0.05, 0.1) is 25.5 Å². The topological polar surface area (TPSA) is 105 Å². The van der Waals surface area contributed by atoms with E-state index in [0.29, 0.717) is 5.56 Å². The minimum atomic E-state index is -1.79. The van der Waals surface area contributed by atoms with E-state index in [2.05, 4.69) is 5.32 Å². The minimum Gasteiger partial charge on any atom is -0.394 e. The third-order valence-electron chi connectivity index (χ3n) is 4.44. The molecule has 0 spiro atoms. The van der Waals surface area contributed by atoms with Crippen molar-refractivity contribution in [3.63, 3.8) is 0 Å². The van der Waals surface area contributed by atoms with Gasteiger partial charge in [-0.3, -0.25) is 9.59 Å². The molecule has 0 radical (unpaired) electrons. The molecule has 0 saturated carbocycles. The maximum Gasteiger partial charge on any atom is 0.276 e. The molecule has 1 saturated heterocycles. The predicted molar refractivity (Wildman–Crippen MR) is 87.7 cm³/mol. The van der Waals surface area contributed by atoms with Crippen LogP contribution < -0.4 is 5.32 Å². The Morgan fingerprint density at radius 2 is 1.92 bits per heavy atom. The maximum absolute atomic E-state index is 12.9. The molecule has 0 bridgehead atoms. The first-order valence-electron chi connectivity index (χ1n) is 7.78. The van der Waals surface area contributed by atoms with Crippen molar-refractivity contribution in [2.45, 2.75) is 11.3 Å². The van der Waals surface area contributed by atoms with E-state index in [9.17, 15) is 19.8 Å². The fourth-order valence-electron chi connectivity index (χ4n) is 2.90. The summed E-state index contributed by atoms with van der Waals surface area (Å²) in [4.78, 5) is 25.3. The van der Waals surface area contributed by atoms with Gasteiger partial charge < -0.3 is 25.0 Å². The number of rotatable bonds is 5. The summed E-state index contributed by atoms with van der Waals surface area (Å²) >= 11 is 0.